The molecule has 0 aromatic heterocycles. The first kappa shape index (κ1) is 23.5. The van der Waals surface area contributed by atoms with Crippen molar-refractivity contribution < 1.29 is 23.7 Å². The molecule has 29 heavy (non-hydrogen) atoms. The Balaban J connectivity index is 0.000000960. The quantitative estimate of drug-likeness (QED) is 0.538. The maximum atomic E-state index is 9.22. The summed E-state index contributed by atoms with van der Waals surface area (Å²) >= 11 is 0. The van der Waals surface area contributed by atoms with Crippen LogP contribution in [0.25, 0.3) is 5.57 Å². The van der Waals surface area contributed by atoms with E-state index in [0.29, 0.717) is 35.9 Å². The van der Waals surface area contributed by atoms with Crippen molar-refractivity contribution in [3.8, 4) is 29.1 Å². The van der Waals surface area contributed by atoms with Gasteiger partial charge in [-0.05, 0) is 47.9 Å². The number of carbonyl (C=O) groups is 1. The van der Waals surface area contributed by atoms with E-state index < -0.39 is 0 Å². The molecule has 0 bridgehead atoms. The summed E-state index contributed by atoms with van der Waals surface area (Å²) < 4.78 is 21.6. The number of nitrogens with two attached hydrogens (primary N) is 1. The van der Waals surface area contributed by atoms with Crippen LogP contribution < -0.4 is 24.7 Å². The minimum absolute atomic E-state index is 0.139. The van der Waals surface area contributed by atoms with E-state index in [1.165, 1.54) is 6.08 Å². The van der Waals surface area contributed by atoms with Crippen molar-refractivity contribution in [2.24, 2.45) is 5.73 Å². The summed E-state index contributed by atoms with van der Waals surface area (Å²) in [4.78, 5) is 9.05. The Kier molecular flexibility index (Phi) is 10.4. The summed E-state index contributed by atoms with van der Waals surface area (Å²) in [5.41, 5.74) is 7.10. The maximum absolute atomic E-state index is 9.22. The standard InChI is InChI=1S/C20H21NO4.C2H5NO/c1-5-25-20-13-15(7-9-18(20)23-3)16(10-11-21)14-6-8-17(22-2)19(12-14)24-4;3-1-2-4/h6-10,12-13H,5H2,1-4H3;2H,1,3H2/b16-10+;. The van der Waals surface area contributed by atoms with Gasteiger partial charge in [0.15, 0.2) is 23.0 Å². The van der Waals surface area contributed by atoms with E-state index in [1.807, 2.05) is 43.3 Å². The average Bonchev–Trinajstić information content (AvgIpc) is 2.77. The highest BCUT2D eigenvalue weighted by molar-refractivity contribution is 5.83. The van der Waals surface area contributed by atoms with Crippen LogP contribution in [0.4, 0.5) is 0 Å². The van der Waals surface area contributed by atoms with E-state index in [2.05, 4.69) is 11.8 Å². The van der Waals surface area contributed by atoms with Gasteiger partial charge in [-0.3, -0.25) is 0 Å². The third-order valence-corrected chi connectivity index (χ3v) is 3.77. The fourth-order valence-corrected chi connectivity index (χ4v) is 2.51. The van der Waals surface area contributed by atoms with Gasteiger partial charge in [0.1, 0.15) is 6.29 Å². The summed E-state index contributed by atoms with van der Waals surface area (Å²) in [5, 5.41) is 9.22. The third kappa shape index (κ3) is 6.55. The van der Waals surface area contributed by atoms with E-state index in [-0.39, 0.29) is 6.54 Å². The van der Waals surface area contributed by atoms with Gasteiger partial charge in [-0.15, -0.1) is 0 Å². The van der Waals surface area contributed by atoms with Crippen LogP contribution in [0.1, 0.15) is 18.1 Å². The molecule has 0 radical (unpaired) electrons. The average molecular weight is 398 g/mol. The SMILES string of the molecule is CCOc1cc(/C(=C/C#N)c2ccc(OC)c(OC)c2)ccc1OC.NCC=O. The molecule has 2 rings (SSSR count). The van der Waals surface area contributed by atoms with Crippen molar-refractivity contribution in [2.75, 3.05) is 34.5 Å². The van der Waals surface area contributed by atoms with Gasteiger partial charge in [0.25, 0.3) is 0 Å². The lowest BCUT2D eigenvalue weighted by Crippen LogP contribution is -1.98. The van der Waals surface area contributed by atoms with Crippen LogP contribution in [0.5, 0.6) is 23.0 Å². The minimum Gasteiger partial charge on any atom is -0.493 e. The van der Waals surface area contributed by atoms with Gasteiger partial charge >= 0.3 is 0 Å². The predicted molar refractivity (Wildman–Crippen MR) is 112 cm³/mol. The van der Waals surface area contributed by atoms with E-state index in [9.17, 15) is 5.26 Å². The highest BCUT2D eigenvalue weighted by atomic mass is 16.5. The van der Waals surface area contributed by atoms with E-state index in [4.69, 9.17) is 23.7 Å². The molecule has 0 aliphatic heterocycles. The molecule has 154 valence electrons. The van der Waals surface area contributed by atoms with E-state index in [0.717, 1.165) is 16.7 Å². The Labute approximate surface area is 171 Å². The molecule has 0 heterocycles. The molecule has 0 saturated heterocycles. The zero-order valence-corrected chi connectivity index (χ0v) is 17.1. The highest BCUT2D eigenvalue weighted by Crippen LogP contribution is 2.36. The second kappa shape index (κ2) is 12.8. The molecule has 7 heteroatoms. The number of nitriles is 1. The molecule has 2 aromatic carbocycles. The molecule has 0 fully saturated rings. The number of hydrogen-bond acceptors (Lipinski definition) is 7. The Morgan fingerprint density at radius 1 is 0.966 bits per heavy atom. The van der Waals surface area contributed by atoms with Crippen LogP contribution in [0.15, 0.2) is 42.5 Å². The summed E-state index contributed by atoms with van der Waals surface area (Å²) in [6, 6.07) is 13.2. The minimum atomic E-state index is 0.139. The molecule has 0 atom stereocenters. The maximum Gasteiger partial charge on any atom is 0.161 e. The lowest BCUT2D eigenvalue weighted by atomic mass is 9.97. The number of nitrogens with zero attached hydrogens (tertiary/aromatic N) is 1. The molecule has 0 amide bonds. The van der Waals surface area contributed by atoms with Crippen LogP contribution in [0.2, 0.25) is 0 Å². The first-order valence-corrected chi connectivity index (χ1v) is 8.87. The summed E-state index contributed by atoms with van der Waals surface area (Å²) in [5.74, 6) is 2.51. The van der Waals surface area contributed by atoms with Crippen LogP contribution in [0, 0.1) is 11.3 Å². The fourth-order valence-electron chi connectivity index (χ4n) is 2.51. The summed E-state index contributed by atoms with van der Waals surface area (Å²) in [6.07, 6.45) is 2.15. The normalized spacial score (nSPS) is 10.1. The number of allylic oxidation sites excluding steroid dienone is 1. The number of benzene rings is 2. The van der Waals surface area contributed by atoms with Gasteiger partial charge in [0, 0.05) is 12.6 Å². The zero-order chi connectivity index (χ0) is 21.6. The lowest BCUT2D eigenvalue weighted by molar-refractivity contribution is -0.106. The Hall–Kier alpha value is -3.50. The van der Waals surface area contributed by atoms with Crippen molar-refractivity contribution in [3.63, 3.8) is 0 Å². The van der Waals surface area contributed by atoms with Crippen molar-refractivity contribution in [1.82, 2.24) is 0 Å². The lowest BCUT2D eigenvalue weighted by Gasteiger charge is -2.14. The molecule has 7 nitrogen and oxygen atoms in total. The second-order valence-electron chi connectivity index (χ2n) is 5.46. The van der Waals surface area contributed by atoms with Gasteiger partial charge in [-0.2, -0.15) is 5.26 Å². The molecule has 2 aromatic rings. The van der Waals surface area contributed by atoms with Gasteiger partial charge in [-0.25, -0.2) is 0 Å². The van der Waals surface area contributed by atoms with Gasteiger partial charge < -0.3 is 29.5 Å². The first-order valence-electron chi connectivity index (χ1n) is 8.87. The third-order valence-electron chi connectivity index (χ3n) is 3.77. The molecular formula is C22H26N2O5. The number of carbonyl (C=O) groups excluding carboxylic acids is 1. The van der Waals surface area contributed by atoms with Crippen molar-refractivity contribution in [3.05, 3.63) is 53.6 Å². The van der Waals surface area contributed by atoms with Crippen LogP contribution in [-0.4, -0.2) is 40.8 Å². The van der Waals surface area contributed by atoms with Gasteiger partial charge in [0.2, 0.25) is 0 Å². The molecule has 0 unspecified atom stereocenters. The van der Waals surface area contributed by atoms with Gasteiger partial charge in [0.05, 0.1) is 34.0 Å². The van der Waals surface area contributed by atoms with Crippen LogP contribution in [0.3, 0.4) is 0 Å². The molecule has 2 N–H and O–H groups in total. The topological polar surface area (TPSA) is 104 Å². The van der Waals surface area contributed by atoms with Crippen LogP contribution >= 0.6 is 0 Å². The predicted octanol–water partition coefficient (Wildman–Crippen LogP) is 3.21. The number of hydrogen-bond donors (Lipinski definition) is 1. The highest BCUT2D eigenvalue weighted by Gasteiger charge is 2.13. The number of aldehydes is 1. The molecule has 0 saturated carbocycles. The summed E-state index contributed by atoms with van der Waals surface area (Å²) in [7, 11) is 4.76. The van der Waals surface area contributed by atoms with E-state index >= 15 is 0 Å². The molecule has 0 aliphatic carbocycles. The number of methoxy groups -OCH3 is 3. The molecule has 0 aliphatic rings. The Bertz CT molecular complexity index is 872. The first-order chi connectivity index (χ1) is 14.1. The van der Waals surface area contributed by atoms with E-state index in [1.54, 1.807) is 21.3 Å². The van der Waals surface area contributed by atoms with Crippen molar-refractivity contribution >= 4 is 11.9 Å². The Morgan fingerprint density at radius 3 is 1.86 bits per heavy atom. The van der Waals surface area contributed by atoms with Gasteiger partial charge in [-0.1, -0.05) is 12.1 Å². The Morgan fingerprint density at radius 2 is 1.45 bits per heavy atom. The number of rotatable bonds is 8. The largest absolute Gasteiger partial charge is 0.493 e. The smallest absolute Gasteiger partial charge is 0.161 e. The monoisotopic (exact) mass is 398 g/mol. The number of ether oxygens (including phenoxy) is 4. The zero-order valence-electron chi connectivity index (χ0n) is 17.1. The second-order valence-corrected chi connectivity index (χ2v) is 5.46. The fraction of sp³-hybridized carbons (Fsp3) is 0.273. The molecular weight excluding hydrogens is 372 g/mol. The molecule has 0 spiro atoms. The summed E-state index contributed by atoms with van der Waals surface area (Å²) in [6.45, 7) is 2.57. The van der Waals surface area contributed by atoms with Crippen molar-refractivity contribution in [2.45, 2.75) is 6.92 Å². The van der Waals surface area contributed by atoms with Crippen LogP contribution in [-0.2, 0) is 4.79 Å². The van der Waals surface area contributed by atoms with Crippen molar-refractivity contribution in [1.29, 1.82) is 5.26 Å².